The van der Waals surface area contributed by atoms with Gasteiger partial charge in [-0.1, -0.05) is 0 Å². The van der Waals surface area contributed by atoms with E-state index in [1.165, 1.54) is 0 Å². The molecule has 4 atom stereocenters. The molecule has 4 fully saturated rings. The van der Waals surface area contributed by atoms with Gasteiger partial charge < -0.3 is 29.1 Å². The van der Waals surface area contributed by atoms with Crippen LogP contribution >= 0.6 is 0 Å². The molecule has 0 radical (unpaired) electrons. The Kier molecular flexibility index (Phi) is 5.45. The number of aliphatic hydroxyl groups excluding tert-OH is 1. The molecule has 6 heterocycles. The highest BCUT2D eigenvalue weighted by molar-refractivity contribution is 5.90. The minimum absolute atomic E-state index is 0.0970. The fraction of sp³-hybridized carbons (Fsp3) is 0.519. The zero-order valence-corrected chi connectivity index (χ0v) is 20.5. The molecule has 0 saturated carbocycles. The number of fused-ring (bicyclic) bond motifs is 5. The third-order valence-corrected chi connectivity index (χ3v) is 8.09. The molecule has 1 aromatic carbocycles. The topological polar surface area (TPSA) is 93.1 Å². The predicted molar refractivity (Wildman–Crippen MR) is 135 cm³/mol. The molecule has 36 heavy (non-hydrogen) atoms. The average molecular weight is 490 g/mol. The molecule has 4 aliphatic rings. The Bertz CT molecular complexity index is 1270. The quantitative estimate of drug-likeness (QED) is 0.581. The average Bonchev–Trinajstić information content (AvgIpc) is 3.39. The van der Waals surface area contributed by atoms with Gasteiger partial charge in [0.2, 0.25) is 5.95 Å². The predicted octanol–water partition coefficient (Wildman–Crippen LogP) is 2.93. The summed E-state index contributed by atoms with van der Waals surface area (Å²) in [6.45, 7) is 3.01. The highest BCUT2D eigenvalue weighted by atomic mass is 16.5. The molecule has 4 unspecified atom stereocenters. The first-order valence-corrected chi connectivity index (χ1v) is 12.9. The van der Waals surface area contributed by atoms with E-state index in [2.05, 4.69) is 15.9 Å². The first-order valence-electron chi connectivity index (χ1n) is 12.9. The molecule has 4 aliphatic heterocycles. The van der Waals surface area contributed by atoms with E-state index in [9.17, 15) is 5.11 Å². The number of ether oxygens (including phenoxy) is 3. The molecule has 3 aromatic rings. The summed E-state index contributed by atoms with van der Waals surface area (Å²) in [7, 11) is 1.61. The molecule has 4 saturated heterocycles. The van der Waals surface area contributed by atoms with Gasteiger partial charge in [0.25, 0.3) is 0 Å². The Morgan fingerprint density at radius 2 is 1.75 bits per heavy atom. The number of aromatic nitrogens is 3. The highest BCUT2D eigenvalue weighted by Crippen LogP contribution is 2.38. The summed E-state index contributed by atoms with van der Waals surface area (Å²) in [5.74, 6) is 2.37. The van der Waals surface area contributed by atoms with Crippen LogP contribution in [0.25, 0.3) is 22.3 Å². The zero-order valence-electron chi connectivity index (χ0n) is 20.5. The summed E-state index contributed by atoms with van der Waals surface area (Å²) in [4.78, 5) is 19.9. The molecule has 1 N–H and O–H groups in total. The third kappa shape index (κ3) is 3.68. The van der Waals surface area contributed by atoms with Gasteiger partial charge in [-0.15, -0.1) is 0 Å². The Morgan fingerprint density at radius 1 is 0.972 bits per heavy atom. The van der Waals surface area contributed by atoms with Crippen molar-refractivity contribution in [3.8, 4) is 17.0 Å². The second kappa shape index (κ2) is 8.83. The molecular formula is C27H31N5O4. The molecule has 0 spiro atoms. The van der Waals surface area contributed by atoms with Gasteiger partial charge in [-0.3, -0.25) is 0 Å². The van der Waals surface area contributed by atoms with Gasteiger partial charge in [0, 0.05) is 24.2 Å². The standard InChI is InChI=1S/C27H31N5O4/c1-34-24-9-2-16(10-17(24)13-33)23-8-7-22-25(28-23)29-27(31-11-20-5-6-21(12-31)36-20)30-26(22)32-18-3-4-19(32)15-35-14-18/h2,7-10,18-21,33H,3-6,11-15H2,1H3. The van der Waals surface area contributed by atoms with Crippen LogP contribution in [0.15, 0.2) is 30.3 Å². The van der Waals surface area contributed by atoms with Crippen LogP contribution in [0.1, 0.15) is 31.2 Å². The molecular weight excluding hydrogens is 458 g/mol. The Balaban J connectivity index is 1.35. The smallest absolute Gasteiger partial charge is 0.229 e. The molecule has 0 amide bonds. The van der Waals surface area contributed by atoms with Crippen molar-refractivity contribution in [1.29, 1.82) is 0 Å². The SMILES string of the molecule is COc1ccc(-c2ccc3c(N4C5CCC4COC5)nc(N4CC5CCC(C4)O5)nc3n2)cc1CO. The van der Waals surface area contributed by atoms with Gasteiger partial charge in [0.1, 0.15) is 11.6 Å². The van der Waals surface area contributed by atoms with Crippen LogP contribution in [0.5, 0.6) is 5.75 Å². The van der Waals surface area contributed by atoms with Gasteiger partial charge in [0.15, 0.2) is 5.65 Å². The van der Waals surface area contributed by atoms with E-state index in [1.54, 1.807) is 7.11 Å². The van der Waals surface area contributed by atoms with E-state index in [-0.39, 0.29) is 18.8 Å². The fourth-order valence-corrected chi connectivity index (χ4v) is 6.30. The summed E-state index contributed by atoms with van der Waals surface area (Å²) < 4.78 is 17.3. The Morgan fingerprint density at radius 3 is 2.47 bits per heavy atom. The minimum Gasteiger partial charge on any atom is -0.496 e. The molecule has 2 aromatic heterocycles. The first kappa shape index (κ1) is 22.2. The second-order valence-electron chi connectivity index (χ2n) is 10.3. The third-order valence-electron chi connectivity index (χ3n) is 8.09. The van der Waals surface area contributed by atoms with Crippen molar-refractivity contribution in [2.75, 3.05) is 43.2 Å². The van der Waals surface area contributed by atoms with Crippen molar-refractivity contribution in [1.82, 2.24) is 15.0 Å². The number of anilines is 2. The van der Waals surface area contributed by atoms with Gasteiger partial charge in [-0.25, -0.2) is 4.98 Å². The van der Waals surface area contributed by atoms with Crippen molar-refractivity contribution < 1.29 is 19.3 Å². The summed E-state index contributed by atoms with van der Waals surface area (Å²) in [6.07, 6.45) is 4.94. The number of aliphatic hydroxyl groups is 1. The largest absolute Gasteiger partial charge is 0.496 e. The maximum atomic E-state index is 9.80. The number of hydrogen-bond donors (Lipinski definition) is 1. The minimum atomic E-state index is -0.0970. The van der Waals surface area contributed by atoms with E-state index >= 15 is 0 Å². The lowest BCUT2D eigenvalue weighted by molar-refractivity contribution is 0.0299. The van der Waals surface area contributed by atoms with Crippen molar-refractivity contribution in [3.63, 3.8) is 0 Å². The van der Waals surface area contributed by atoms with Crippen LogP contribution < -0.4 is 14.5 Å². The Labute approximate surface area is 210 Å². The number of benzene rings is 1. The second-order valence-corrected chi connectivity index (χ2v) is 10.3. The number of rotatable bonds is 5. The number of methoxy groups -OCH3 is 1. The van der Waals surface area contributed by atoms with Gasteiger partial charge in [-0.2, -0.15) is 9.97 Å². The van der Waals surface area contributed by atoms with E-state index in [0.717, 1.165) is 86.0 Å². The molecule has 4 bridgehead atoms. The Hall–Kier alpha value is -3.01. The van der Waals surface area contributed by atoms with Crippen molar-refractivity contribution in [2.45, 2.75) is 56.6 Å². The maximum Gasteiger partial charge on any atom is 0.229 e. The first-order chi connectivity index (χ1) is 17.7. The lowest BCUT2D eigenvalue weighted by Gasteiger charge is -2.37. The molecule has 7 rings (SSSR count). The van der Waals surface area contributed by atoms with Gasteiger partial charge in [-0.05, 0) is 56.0 Å². The zero-order chi connectivity index (χ0) is 24.2. The van der Waals surface area contributed by atoms with Crippen LogP contribution in [0.4, 0.5) is 11.8 Å². The van der Waals surface area contributed by atoms with Crippen molar-refractivity contribution >= 4 is 22.8 Å². The summed E-state index contributed by atoms with van der Waals surface area (Å²) >= 11 is 0. The van der Waals surface area contributed by atoms with Crippen molar-refractivity contribution in [2.24, 2.45) is 0 Å². The van der Waals surface area contributed by atoms with E-state index < -0.39 is 0 Å². The molecule has 9 nitrogen and oxygen atoms in total. The van der Waals surface area contributed by atoms with E-state index in [4.69, 9.17) is 29.2 Å². The fourth-order valence-electron chi connectivity index (χ4n) is 6.30. The molecule has 9 heteroatoms. The van der Waals surface area contributed by atoms with E-state index in [1.807, 2.05) is 24.3 Å². The number of morpholine rings is 2. The van der Waals surface area contributed by atoms with Crippen LogP contribution in [-0.2, 0) is 16.1 Å². The maximum absolute atomic E-state index is 9.80. The number of hydrogen-bond acceptors (Lipinski definition) is 9. The van der Waals surface area contributed by atoms with Crippen LogP contribution in [-0.4, -0.2) is 77.8 Å². The number of pyridine rings is 1. The van der Waals surface area contributed by atoms with Gasteiger partial charge >= 0.3 is 0 Å². The highest BCUT2D eigenvalue weighted by Gasteiger charge is 2.40. The molecule has 188 valence electrons. The summed E-state index contributed by atoms with van der Waals surface area (Å²) in [6, 6.07) is 10.6. The normalized spacial score (nSPS) is 27.2. The van der Waals surface area contributed by atoms with Crippen LogP contribution in [0.2, 0.25) is 0 Å². The van der Waals surface area contributed by atoms with Crippen LogP contribution in [0, 0.1) is 0 Å². The van der Waals surface area contributed by atoms with E-state index in [0.29, 0.717) is 23.5 Å². The lowest BCUT2D eigenvalue weighted by Crippen LogP contribution is -2.47. The summed E-state index contributed by atoms with van der Waals surface area (Å²) in [5.41, 5.74) is 3.15. The number of nitrogens with zero attached hydrogens (tertiary/aromatic N) is 5. The summed E-state index contributed by atoms with van der Waals surface area (Å²) in [5, 5.41) is 10.8. The van der Waals surface area contributed by atoms with Gasteiger partial charge in [0.05, 0.1) is 62.3 Å². The van der Waals surface area contributed by atoms with Crippen LogP contribution in [0.3, 0.4) is 0 Å². The van der Waals surface area contributed by atoms with Crippen molar-refractivity contribution in [3.05, 3.63) is 35.9 Å². The molecule has 0 aliphatic carbocycles. The lowest BCUT2D eigenvalue weighted by atomic mass is 10.1. The monoisotopic (exact) mass is 489 g/mol.